The highest BCUT2D eigenvalue weighted by molar-refractivity contribution is 6.30. The van der Waals surface area contributed by atoms with Crippen molar-refractivity contribution >= 4 is 23.5 Å². The normalized spacial score (nSPS) is 22.5. The third-order valence-electron chi connectivity index (χ3n) is 6.14. The number of aliphatic carboxylic acids is 2. The summed E-state index contributed by atoms with van der Waals surface area (Å²) in [5.41, 5.74) is 4.46. The zero-order valence-corrected chi connectivity index (χ0v) is 19.6. The average Bonchev–Trinajstić information content (AvgIpc) is 3.12. The van der Waals surface area contributed by atoms with Crippen LogP contribution in [0.5, 0.6) is 0 Å². The highest BCUT2D eigenvalue weighted by Gasteiger charge is 2.38. The molecule has 0 saturated carbocycles. The van der Waals surface area contributed by atoms with Crippen LogP contribution < -0.4 is 5.32 Å². The Morgan fingerprint density at radius 3 is 2.42 bits per heavy atom. The van der Waals surface area contributed by atoms with Gasteiger partial charge in [-0.25, -0.2) is 4.79 Å². The lowest BCUT2D eigenvalue weighted by molar-refractivity contribution is -0.152. The molecule has 0 unspecified atom stereocenters. The van der Waals surface area contributed by atoms with Crippen molar-refractivity contribution in [3.63, 3.8) is 0 Å². The number of halogens is 1. The second-order valence-electron chi connectivity index (χ2n) is 9.22. The van der Waals surface area contributed by atoms with E-state index in [4.69, 9.17) is 26.9 Å². The van der Waals surface area contributed by atoms with E-state index in [9.17, 15) is 9.59 Å². The molecule has 2 aromatic carbocycles. The van der Waals surface area contributed by atoms with Crippen molar-refractivity contribution in [3.05, 3.63) is 70.2 Å². The first kappa shape index (κ1) is 25.2. The third-order valence-corrected chi connectivity index (χ3v) is 6.37. The number of hydrogen-bond donors (Lipinski definition) is 4. The Morgan fingerprint density at radius 2 is 1.85 bits per heavy atom. The third kappa shape index (κ3) is 6.54. The predicted octanol–water partition coefficient (Wildman–Crippen LogP) is 3.51. The smallest absolute Gasteiger partial charge is 0.333 e. The van der Waals surface area contributed by atoms with Crippen molar-refractivity contribution in [1.29, 1.82) is 0 Å². The van der Waals surface area contributed by atoms with Crippen molar-refractivity contribution < 1.29 is 24.9 Å². The van der Waals surface area contributed by atoms with Gasteiger partial charge in [-0.2, -0.15) is 0 Å². The molecule has 0 amide bonds. The van der Waals surface area contributed by atoms with Gasteiger partial charge in [0.05, 0.1) is 6.42 Å². The Hall–Kier alpha value is -2.45. The summed E-state index contributed by atoms with van der Waals surface area (Å²) in [5.74, 6) is -2.37. The van der Waals surface area contributed by atoms with E-state index in [1.807, 2.05) is 6.07 Å². The molecule has 1 aliphatic carbocycles. The molecule has 4 rings (SSSR count). The fourth-order valence-corrected chi connectivity index (χ4v) is 4.86. The molecule has 2 aliphatic rings. The van der Waals surface area contributed by atoms with Gasteiger partial charge in [0, 0.05) is 42.2 Å². The molecule has 1 aliphatic heterocycles. The van der Waals surface area contributed by atoms with Gasteiger partial charge < -0.3 is 20.6 Å². The van der Waals surface area contributed by atoms with Crippen LogP contribution in [0.1, 0.15) is 55.3 Å². The molecule has 1 saturated heterocycles. The molecule has 0 spiro atoms. The number of carboxylic acid groups (broad SMARTS) is 2. The maximum atomic E-state index is 9.72. The Bertz CT molecular complexity index is 982. The molecule has 0 aromatic heterocycles. The predicted molar refractivity (Wildman–Crippen MR) is 127 cm³/mol. The van der Waals surface area contributed by atoms with Crippen molar-refractivity contribution in [2.45, 2.75) is 50.3 Å². The average molecular weight is 475 g/mol. The summed E-state index contributed by atoms with van der Waals surface area (Å²) in [5, 5.41) is 28.6. The molecule has 1 heterocycles. The molecule has 3 atom stereocenters. The SMILES string of the molecule is CC1(C)CN([C@@H]2C[C@@H](c3ccccc3)c3ccc(Cl)cc32)CCN1.O=C(O)C[C@H](O)C(=O)O. The van der Waals surface area contributed by atoms with Gasteiger partial charge in [0.1, 0.15) is 0 Å². The minimum atomic E-state index is -1.79. The van der Waals surface area contributed by atoms with Crippen molar-refractivity contribution in [2.24, 2.45) is 0 Å². The largest absolute Gasteiger partial charge is 0.481 e. The Labute approximate surface area is 199 Å². The monoisotopic (exact) mass is 474 g/mol. The van der Waals surface area contributed by atoms with Crippen LogP contribution in [0.3, 0.4) is 0 Å². The van der Waals surface area contributed by atoms with Gasteiger partial charge in [0.2, 0.25) is 0 Å². The topological polar surface area (TPSA) is 110 Å². The Morgan fingerprint density at radius 1 is 1.15 bits per heavy atom. The first-order chi connectivity index (χ1) is 15.6. The summed E-state index contributed by atoms with van der Waals surface area (Å²) in [6.07, 6.45) is -1.40. The Balaban J connectivity index is 0.000000292. The van der Waals surface area contributed by atoms with Crippen LogP contribution in [-0.4, -0.2) is 63.4 Å². The minimum absolute atomic E-state index is 0.168. The van der Waals surface area contributed by atoms with Crippen LogP contribution in [0, 0.1) is 0 Å². The van der Waals surface area contributed by atoms with Gasteiger partial charge in [-0.1, -0.05) is 48.0 Å². The number of aliphatic hydroxyl groups excluding tert-OH is 1. The summed E-state index contributed by atoms with van der Waals surface area (Å²) in [6, 6.07) is 17.8. The fourth-order valence-electron chi connectivity index (χ4n) is 4.67. The zero-order valence-electron chi connectivity index (χ0n) is 18.9. The molecule has 7 nitrogen and oxygen atoms in total. The highest BCUT2D eigenvalue weighted by Crippen LogP contribution is 2.47. The van der Waals surface area contributed by atoms with E-state index < -0.39 is 24.5 Å². The lowest BCUT2D eigenvalue weighted by Crippen LogP contribution is -2.57. The van der Waals surface area contributed by atoms with Gasteiger partial charge in [-0.3, -0.25) is 9.69 Å². The van der Waals surface area contributed by atoms with Gasteiger partial charge in [0.25, 0.3) is 0 Å². The quantitative estimate of drug-likeness (QED) is 0.525. The summed E-state index contributed by atoms with van der Waals surface area (Å²) in [7, 11) is 0. The first-order valence-electron chi connectivity index (χ1n) is 11.0. The molecular weight excluding hydrogens is 444 g/mol. The standard InChI is InChI=1S/C21H25ClN2.C4H6O5/c1-21(2)14-24(11-10-23-21)20-13-18(15-6-4-3-5-7-15)17-9-8-16(22)12-19(17)20;5-2(4(8)9)1-3(6)7/h3-9,12,18,20,23H,10-11,13-14H2,1-2H3;2,5H,1H2,(H,6,7)(H,8,9)/t18-,20+;2-/m00/s1. The number of hydrogen-bond acceptors (Lipinski definition) is 5. The number of fused-ring (bicyclic) bond motifs is 1. The molecule has 8 heteroatoms. The van der Waals surface area contributed by atoms with E-state index in [-0.39, 0.29) is 5.54 Å². The number of piperazine rings is 1. The highest BCUT2D eigenvalue weighted by atomic mass is 35.5. The number of rotatable bonds is 5. The van der Waals surface area contributed by atoms with Crippen LogP contribution in [0.15, 0.2) is 48.5 Å². The second-order valence-corrected chi connectivity index (χ2v) is 9.66. The summed E-state index contributed by atoms with van der Waals surface area (Å²) in [4.78, 5) is 22.1. The van der Waals surface area contributed by atoms with Gasteiger partial charge in [-0.05, 0) is 49.1 Å². The van der Waals surface area contributed by atoms with E-state index in [1.54, 1.807) is 0 Å². The number of aliphatic hydroxyl groups is 1. The second kappa shape index (κ2) is 10.7. The van der Waals surface area contributed by atoms with E-state index >= 15 is 0 Å². The summed E-state index contributed by atoms with van der Waals surface area (Å²) >= 11 is 6.35. The van der Waals surface area contributed by atoms with E-state index in [0.717, 1.165) is 31.1 Å². The molecule has 2 aromatic rings. The van der Waals surface area contributed by atoms with E-state index in [1.165, 1.54) is 16.7 Å². The Kier molecular flexibility index (Phi) is 8.13. The summed E-state index contributed by atoms with van der Waals surface area (Å²) < 4.78 is 0. The molecule has 178 valence electrons. The van der Waals surface area contributed by atoms with Gasteiger partial charge >= 0.3 is 11.9 Å². The number of carboxylic acids is 2. The van der Waals surface area contributed by atoms with Crippen LogP contribution in [0.25, 0.3) is 0 Å². The van der Waals surface area contributed by atoms with Crippen molar-refractivity contribution in [3.8, 4) is 0 Å². The number of carbonyl (C=O) groups is 2. The maximum Gasteiger partial charge on any atom is 0.333 e. The van der Waals surface area contributed by atoms with Gasteiger partial charge in [0.15, 0.2) is 6.10 Å². The van der Waals surface area contributed by atoms with Crippen LogP contribution in [-0.2, 0) is 9.59 Å². The summed E-state index contributed by atoms with van der Waals surface area (Å²) in [6.45, 7) is 7.81. The fraction of sp³-hybridized carbons (Fsp3) is 0.440. The lowest BCUT2D eigenvalue weighted by Gasteiger charge is -2.42. The van der Waals surface area contributed by atoms with E-state index in [2.05, 4.69) is 66.5 Å². The minimum Gasteiger partial charge on any atom is -0.481 e. The van der Waals surface area contributed by atoms with Crippen LogP contribution in [0.2, 0.25) is 5.02 Å². The van der Waals surface area contributed by atoms with Crippen LogP contribution in [0.4, 0.5) is 0 Å². The van der Waals surface area contributed by atoms with Gasteiger partial charge in [-0.15, -0.1) is 0 Å². The lowest BCUT2D eigenvalue weighted by atomic mass is 9.93. The molecule has 33 heavy (non-hydrogen) atoms. The zero-order chi connectivity index (χ0) is 24.2. The van der Waals surface area contributed by atoms with Crippen molar-refractivity contribution in [1.82, 2.24) is 10.2 Å². The molecule has 0 bridgehead atoms. The number of benzene rings is 2. The van der Waals surface area contributed by atoms with Crippen molar-refractivity contribution in [2.75, 3.05) is 19.6 Å². The van der Waals surface area contributed by atoms with E-state index in [0.29, 0.717) is 12.0 Å². The van der Waals surface area contributed by atoms with Crippen LogP contribution >= 0.6 is 11.6 Å². The molecule has 4 N–H and O–H groups in total. The maximum absolute atomic E-state index is 9.72. The molecule has 0 radical (unpaired) electrons. The molecular formula is C25H31ClN2O5. The number of nitrogens with zero attached hydrogens (tertiary/aromatic N) is 1. The number of nitrogens with one attached hydrogen (secondary N) is 1. The molecule has 1 fully saturated rings. The first-order valence-corrected chi connectivity index (χ1v) is 11.4.